The van der Waals surface area contributed by atoms with Gasteiger partial charge in [0.1, 0.15) is 11.5 Å². The van der Waals surface area contributed by atoms with Crippen molar-refractivity contribution < 1.29 is 9.18 Å². The van der Waals surface area contributed by atoms with Crippen molar-refractivity contribution in [1.82, 2.24) is 4.98 Å². The molecule has 0 saturated carbocycles. The van der Waals surface area contributed by atoms with Crippen molar-refractivity contribution in [3.63, 3.8) is 0 Å². The fourth-order valence-corrected chi connectivity index (χ4v) is 2.26. The number of hydrogen-bond acceptors (Lipinski definition) is 2. The van der Waals surface area contributed by atoms with Crippen LogP contribution in [0, 0.1) is 5.82 Å². The van der Waals surface area contributed by atoms with Crippen molar-refractivity contribution in [3.05, 3.63) is 62.6 Å². The van der Waals surface area contributed by atoms with E-state index in [0.717, 1.165) is 6.07 Å². The van der Waals surface area contributed by atoms with Gasteiger partial charge >= 0.3 is 0 Å². The summed E-state index contributed by atoms with van der Waals surface area (Å²) in [5.41, 5.74) is 0.632. The number of Topliss-reactive ketones (excluding diaryl/α,β-unsaturated/α-hetero) is 1. The lowest BCUT2D eigenvalue weighted by Gasteiger charge is -2.05. The molecule has 1 heterocycles. The van der Waals surface area contributed by atoms with Crippen molar-refractivity contribution in [2.45, 2.75) is 6.42 Å². The Balaban J connectivity index is 2.25. The third-order valence-corrected chi connectivity index (χ3v) is 3.28. The third kappa shape index (κ3) is 3.44. The average Bonchev–Trinajstić information content (AvgIpc) is 2.32. The topological polar surface area (TPSA) is 30.0 Å². The minimum absolute atomic E-state index is 0.00648. The Morgan fingerprint density at radius 3 is 2.53 bits per heavy atom. The van der Waals surface area contributed by atoms with Gasteiger partial charge in [0.25, 0.3) is 0 Å². The highest BCUT2D eigenvalue weighted by Gasteiger charge is 2.15. The van der Waals surface area contributed by atoms with Crippen molar-refractivity contribution in [2.24, 2.45) is 0 Å². The summed E-state index contributed by atoms with van der Waals surface area (Å²) in [6, 6.07) is 5.29. The van der Waals surface area contributed by atoms with E-state index < -0.39 is 5.82 Å². The van der Waals surface area contributed by atoms with E-state index >= 15 is 0 Å². The number of aromatic nitrogens is 1. The van der Waals surface area contributed by atoms with E-state index in [0.29, 0.717) is 10.6 Å². The highest BCUT2D eigenvalue weighted by molar-refractivity contribution is 6.36. The molecule has 0 fully saturated rings. The van der Waals surface area contributed by atoms with Crippen LogP contribution in [0.4, 0.5) is 4.39 Å². The predicted molar refractivity (Wildman–Crippen MR) is 73.7 cm³/mol. The summed E-state index contributed by atoms with van der Waals surface area (Å²) >= 11 is 17.5. The van der Waals surface area contributed by atoms with Crippen molar-refractivity contribution in [3.8, 4) is 0 Å². The van der Waals surface area contributed by atoms with E-state index in [4.69, 9.17) is 34.8 Å². The molecule has 0 spiro atoms. The number of benzene rings is 1. The van der Waals surface area contributed by atoms with E-state index in [1.807, 2.05) is 0 Å². The minimum atomic E-state index is -0.455. The van der Waals surface area contributed by atoms with Gasteiger partial charge < -0.3 is 0 Å². The second-order valence-corrected chi connectivity index (χ2v) is 5.07. The molecule has 0 amide bonds. The molecular formula is C13H7Cl3FNO. The molecule has 0 aliphatic heterocycles. The molecule has 98 valence electrons. The standard InChI is InChI=1S/C13H7Cl3FNO/c14-8-4-11(16)13(18-6-8)12(19)3-7-1-2-9(17)5-10(7)15/h1-2,4-6H,3H2. The lowest BCUT2D eigenvalue weighted by molar-refractivity contribution is 0.0988. The molecule has 1 aromatic carbocycles. The van der Waals surface area contributed by atoms with Crippen LogP contribution in [0.25, 0.3) is 0 Å². The molecule has 0 radical (unpaired) electrons. The number of nitrogens with zero attached hydrogens (tertiary/aromatic N) is 1. The Labute approximate surface area is 124 Å². The molecule has 0 atom stereocenters. The number of carbonyl (C=O) groups excluding carboxylic acids is 1. The summed E-state index contributed by atoms with van der Waals surface area (Å²) in [5.74, 6) is -0.765. The Hall–Kier alpha value is -1.16. The first-order chi connectivity index (χ1) is 8.97. The van der Waals surface area contributed by atoms with Crippen LogP contribution >= 0.6 is 34.8 Å². The molecule has 0 aliphatic carbocycles. The molecule has 6 heteroatoms. The second-order valence-electron chi connectivity index (χ2n) is 3.82. The fourth-order valence-electron chi connectivity index (χ4n) is 1.54. The van der Waals surface area contributed by atoms with E-state index in [1.165, 1.54) is 24.4 Å². The van der Waals surface area contributed by atoms with Crippen LogP contribution in [0.2, 0.25) is 15.1 Å². The summed E-state index contributed by atoms with van der Waals surface area (Å²) in [6.45, 7) is 0. The van der Waals surface area contributed by atoms with Crippen LogP contribution in [0.15, 0.2) is 30.5 Å². The molecule has 19 heavy (non-hydrogen) atoms. The average molecular weight is 319 g/mol. The summed E-state index contributed by atoms with van der Waals surface area (Å²) in [5, 5.41) is 0.718. The summed E-state index contributed by atoms with van der Waals surface area (Å²) in [7, 11) is 0. The van der Waals surface area contributed by atoms with E-state index in [-0.39, 0.29) is 27.9 Å². The Morgan fingerprint density at radius 1 is 1.16 bits per heavy atom. The highest BCUT2D eigenvalue weighted by atomic mass is 35.5. The van der Waals surface area contributed by atoms with Crippen molar-refractivity contribution in [1.29, 1.82) is 0 Å². The summed E-state index contributed by atoms with van der Waals surface area (Å²) in [6.07, 6.45) is 1.33. The van der Waals surface area contributed by atoms with Crippen molar-refractivity contribution in [2.75, 3.05) is 0 Å². The van der Waals surface area contributed by atoms with Gasteiger partial charge in [-0.2, -0.15) is 0 Å². The number of halogens is 4. The summed E-state index contributed by atoms with van der Waals surface area (Å²) < 4.78 is 12.9. The molecule has 2 rings (SSSR count). The smallest absolute Gasteiger partial charge is 0.187 e. The number of pyridine rings is 1. The van der Waals surface area contributed by atoms with Crippen LogP contribution in [-0.2, 0) is 6.42 Å². The molecule has 0 unspecified atom stereocenters. The Morgan fingerprint density at radius 2 is 1.89 bits per heavy atom. The number of ketones is 1. The molecule has 2 nitrogen and oxygen atoms in total. The maximum absolute atomic E-state index is 12.9. The van der Waals surface area contributed by atoms with Gasteiger partial charge in [0.2, 0.25) is 0 Å². The SMILES string of the molecule is O=C(Cc1ccc(F)cc1Cl)c1ncc(Cl)cc1Cl. The molecule has 0 saturated heterocycles. The first kappa shape index (κ1) is 14.3. The first-order valence-corrected chi connectivity index (χ1v) is 6.39. The lowest BCUT2D eigenvalue weighted by atomic mass is 10.1. The lowest BCUT2D eigenvalue weighted by Crippen LogP contribution is -2.07. The van der Waals surface area contributed by atoms with Gasteiger partial charge in [-0.1, -0.05) is 40.9 Å². The van der Waals surface area contributed by atoms with E-state index in [2.05, 4.69) is 4.98 Å². The Bertz CT molecular complexity index is 646. The van der Waals surface area contributed by atoms with Gasteiger partial charge in [0.15, 0.2) is 5.78 Å². The maximum atomic E-state index is 12.9. The normalized spacial score (nSPS) is 10.5. The zero-order valence-electron chi connectivity index (χ0n) is 9.46. The van der Waals surface area contributed by atoms with Crippen LogP contribution in [0.1, 0.15) is 16.1 Å². The predicted octanol–water partition coefficient (Wildman–Crippen LogP) is 4.61. The van der Waals surface area contributed by atoms with Gasteiger partial charge in [-0.25, -0.2) is 9.37 Å². The van der Waals surface area contributed by atoms with Gasteiger partial charge in [0.05, 0.1) is 10.0 Å². The van der Waals surface area contributed by atoms with Crippen molar-refractivity contribution >= 4 is 40.6 Å². The molecule has 2 aromatic rings. The molecule has 0 bridgehead atoms. The number of carbonyl (C=O) groups is 1. The van der Waals surface area contributed by atoms with Crippen LogP contribution in [-0.4, -0.2) is 10.8 Å². The maximum Gasteiger partial charge on any atom is 0.187 e. The quantitative estimate of drug-likeness (QED) is 0.774. The monoisotopic (exact) mass is 317 g/mol. The largest absolute Gasteiger partial charge is 0.292 e. The molecule has 0 N–H and O–H groups in total. The Kier molecular flexibility index (Phi) is 4.40. The zero-order chi connectivity index (χ0) is 14.0. The van der Waals surface area contributed by atoms with Crippen LogP contribution in [0.5, 0.6) is 0 Å². The first-order valence-electron chi connectivity index (χ1n) is 5.25. The highest BCUT2D eigenvalue weighted by Crippen LogP contribution is 2.22. The van der Waals surface area contributed by atoms with Crippen LogP contribution < -0.4 is 0 Å². The second kappa shape index (κ2) is 5.87. The van der Waals surface area contributed by atoms with Gasteiger partial charge in [-0.05, 0) is 23.8 Å². The molecular weight excluding hydrogens is 312 g/mol. The fraction of sp³-hybridized carbons (Fsp3) is 0.0769. The van der Waals surface area contributed by atoms with Gasteiger partial charge in [0, 0.05) is 17.6 Å². The number of hydrogen-bond donors (Lipinski definition) is 0. The number of rotatable bonds is 3. The van der Waals surface area contributed by atoms with Gasteiger partial charge in [-0.15, -0.1) is 0 Å². The molecule has 0 aliphatic rings. The van der Waals surface area contributed by atoms with Crippen LogP contribution in [0.3, 0.4) is 0 Å². The summed E-state index contributed by atoms with van der Waals surface area (Å²) in [4.78, 5) is 15.9. The third-order valence-electron chi connectivity index (χ3n) is 2.44. The van der Waals surface area contributed by atoms with E-state index in [9.17, 15) is 9.18 Å². The van der Waals surface area contributed by atoms with Gasteiger partial charge in [-0.3, -0.25) is 4.79 Å². The molecule has 1 aromatic heterocycles. The van der Waals surface area contributed by atoms with E-state index in [1.54, 1.807) is 0 Å². The zero-order valence-corrected chi connectivity index (χ0v) is 11.7. The minimum Gasteiger partial charge on any atom is -0.292 e.